The van der Waals surface area contributed by atoms with Crippen molar-refractivity contribution in [2.45, 2.75) is 0 Å². The SMILES string of the molecule is Cn1nncc1-c1ccc(O)c(Cl)c1. The molecule has 2 aromatic rings. The molecule has 0 amide bonds. The number of aromatic hydroxyl groups is 1. The van der Waals surface area contributed by atoms with E-state index in [9.17, 15) is 5.11 Å². The second-order valence-corrected chi connectivity index (χ2v) is 3.32. The first-order chi connectivity index (χ1) is 6.68. The summed E-state index contributed by atoms with van der Waals surface area (Å²) in [6.07, 6.45) is 1.64. The molecule has 72 valence electrons. The Morgan fingerprint density at radius 2 is 2.21 bits per heavy atom. The highest BCUT2D eigenvalue weighted by Gasteiger charge is 2.05. The predicted octanol–water partition coefficient (Wildman–Crippen LogP) is 1.84. The first kappa shape index (κ1) is 9.02. The lowest BCUT2D eigenvalue weighted by molar-refractivity contribution is 0.475. The van der Waals surface area contributed by atoms with Gasteiger partial charge in [0.25, 0.3) is 0 Å². The molecule has 0 saturated carbocycles. The zero-order valence-corrected chi connectivity index (χ0v) is 8.23. The summed E-state index contributed by atoms with van der Waals surface area (Å²) in [6, 6.07) is 4.99. The van der Waals surface area contributed by atoms with Gasteiger partial charge in [0.15, 0.2) is 0 Å². The van der Waals surface area contributed by atoms with Crippen LogP contribution < -0.4 is 0 Å². The fourth-order valence-electron chi connectivity index (χ4n) is 1.22. The molecule has 1 N–H and O–H groups in total. The second kappa shape index (κ2) is 3.31. The van der Waals surface area contributed by atoms with Crippen molar-refractivity contribution in [1.82, 2.24) is 15.0 Å². The molecule has 4 nitrogen and oxygen atoms in total. The van der Waals surface area contributed by atoms with Crippen molar-refractivity contribution in [2.24, 2.45) is 7.05 Å². The third-order valence-corrected chi connectivity index (χ3v) is 2.26. The number of nitrogens with zero attached hydrogens (tertiary/aromatic N) is 3. The molecule has 0 aliphatic carbocycles. The molecule has 1 aromatic heterocycles. The maximum atomic E-state index is 9.24. The molecule has 5 heteroatoms. The first-order valence-electron chi connectivity index (χ1n) is 4.02. The fourth-order valence-corrected chi connectivity index (χ4v) is 1.40. The number of phenols is 1. The van der Waals surface area contributed by atoms with E-state index in [1.54, 1.807) is 36.1 Å². The number of halogens is 1. The molecular weight excluding hydrogens is 202 g/mol. The summed E-state index contributed by atoms with van der Waals surface area (Å²) in [6.45, 7) is 0. The van der Waals surface area contributed by atoms with E-state index in [4.69, 9.17) is 11.6 Å². The monoisotopic (exact) mass is 209 g/mol. The summed E-state index contributed by atoms with van der Waals surface area (Å²) in [4.78, 5) is 0. The average molecular weight is 210 g/mol. The molecule has 0 spiro atoms. The van der Waals surface area contributed by atoms with Crippen molar-refractivity contribution in [3.63, 3.8) is 0 Å². The Morgan fingerprint density at radius 1 is 1.43 bits per heavy atom. The van der Waals surface area contributed by atoms with Gasteiger partial charge in [0.1, 0.15) is 5.75 Å². The van der Waals surface area contributed by atoms with Crippen molar-refractivity contribution in [3.8, 4) is 17.0 Å². The Kier molecular flexibility index (Phi) is 2.13. The van der Waals surface area contributed by atoms with Gasteiger partial charge in [-0.1, -0.05) is 16.8 Å². The second-order valence-electron chi connectivity index (χ2n) is 2.91. The predicted molar refractivity (Wildman–Crippen MR) is 53.1 cm³/mol. The lowest BCUT2D eigenvalue weighted by Crippen LogP contribution is -1.93. The normalized spacial score (nSPS) is 10.4. The molecule has 0 fully saturated rings. The molecular formula is C9H8ClN3O. The zero-order chi connectivity index (χ0) is 10.1. The van der Waals surface area contributed by atoms with Gasteiger partial charge < -0.3 is 5.11 Å². The molecule has 2 rings (SSSR count). The van der Waals surface area contributed by atoms with Gasteiger partial charge in [-0.15, -0.1) is 5.10 Å². The molecule has 0 atom stereocenters. The van der Waals surface area contributed by atoms with Crippen molar-refractivity contribution in [2.75, 3.05) is 0 Å². The van der Waals surface area contributed by atoms with Crippen molar-refractivity contribution >= 4 is 11.6 Å². The van der Waals surface area contributed by atoms with Crippen LogP contribution in [0.5, 0.6) is 5.75 Å². The van der Waals surface area contributed by atoms with Gasteiger partial charge in [-0.2, -0.15) is 0 Å². The maximum Gasteiger partial charge on any atom is 0.134 e. The molecule has 0 unspecified atom stereocenters. The molecule has 0 bridgehead atoms. The highest BCUT2D eigenvalue weighted by molar-refractivity contribution is 6.32. The number of phenolic OH excluding ortho intramolecular Hbond substituents is 1. The largest absolute Gasteiger partial charge is 0.506 e. The fraction of sp³-hybridized carbons (Fsp3) is 0.111. The van der Waals surface area contributed by atoms with Crippen LogP contribution in [-0.4, -0.2) is 20.1 Å². The van der Waals surface area contributed by atoms with Crippen LogP contribution in [0.3, 0.4) is 0 Å². The van der Waals surface area contributed by atoms with Gasteiger partial charge in [-0.25, -0.2) is 4.68 Å². The van der Waals surface area contributed by atoms with Crippen LogP contribution in [0.25, 0.3) is 11.3 Å². The molecule has 0 aliphatic heterocycles. The number of benzene rings is 1. The summed E-state index contributed by atoms with van der Waals surface area (Å²) in [5, 5.41) is 17.1. The van der Waals surface area contributed by atoms with E-state index in [0.29, 0.717) is 5.02 Å². The summed E-state index contributed by atoms with van der Waals surface area (Å²) in [5.41, 5.74) is 1.73. The van der Waals surface area contributed by atoms with Crippen LogP contribution >= 0.6 is 11.6 Å². The first-order valence-corrected chi connectivity index (χ1v) is 4.40. The highest BCUT2D eigenvalue weighted by atomic mass is 35.5. The van der Waals surface area contributed by atoms with E-state index in [0.717, 1.165) is 11.3 Å². The van der Waals surface area contributed by atoms with Crippen LogP contribution in [0.2, 0.25) is 5.02 Å². The van der Waals surface area contributed by atoms with Gasteiger partial charge in [0.2, 0.25) is 0 Å². The summed E-state index contributed by atoms with van der Waals surface area (Å²) < 4.78 is 1.64. The van der Waals surface area contributed by atoms with E-state index >= 15 is 0 Å². The Hall–Kier alpha value is -1.55. The number of hydrogen-bond donors (Lipinski definition) is 1. The molecule has 0 aliphatic rings. The van der Waals surface area contributed by atoms with Crippen LogP contribution in [-0.2, 0) is 7.05 Å². The van der Waals surface area contributed by atoms with Crippen LogP contribution in [0, 0.1) is 0 Å². The third kappa shape index (κ3) is 1.44. The Morgan fingerprint density at radius 3 is 2.79 bits per heavy atom. The minimum atomic E-state index is 0.0746. The van der Waals surface area contributed by atoms with Crippen molar-refractivity contribution < 1.29 is 5.11 Å². The lowest BCUT2D eigenvalue weighted by Gasteiger charge is -2.02. The summed E-state index contributed by atoms with van der Waals surface area (Å²) in [5.74, 6) is 0.0746. The summed E-state index contributed by atoms with van der Waals surface area (Å²) in [7, 11) is 1.79. The van der Waals surface area contributed by atoms with Crippen LogP contribution in [0.15, 0.2) is 24.4 Å². The number of hydrogen-bond acceptors (Lipinski definition) is 3. The number of rotatable bonds is 1. The van der Waals surface area contributed by atoms with Crippen molar-refractivity contribution in [1.29, 1.82) is 0 Å². The lowest BCUT2D eigenvalue weighted by atomic mass is 10.1. The Labute approximate surface area is 85.7 Å². The van der Waals surface area contributed by atoms with E-state index in [1.807, 2.05) is 0 Å². The topological polar surface area (TPSA) is 50.9 Å². The molecule has 1 heterocycles. The Bertz CT molecular complexity index is 467. The van der Waals surface area contributed by atoms with E-state index in [1.165, 1.54) is 0 Å². The minimum Gasteiger partial charge on any atom is -0.506 e. The number of aryl methyl sites for hydroxylation is 1. The average Bonchev–Trinajstić information content (AvgIpc) is 2.57. The quantitative estimate of drug-likeness (QED) is 0.780. The van der Waals surface area contributed by atoms with Gasteiger partial charge >= 0.3 is 0 Å². The van der Waals surface area contributed by atoms with Gasteiger partial charge in [-0.3, -0.25) is 0 Å². The molecule has 14 heavy (non-hydrogen) atoms. The zero-order valence-electron chi connectivity index (χ0n) is 7.48. The highest BCUT2D eigenvalue weighted by Crippen LogP contribution is 2.28. The maximum absolute atomic E-state index is 9.24. The van der Waals surface area contributed by atoms with Crippen LogP contribution in [0.4, 0.5) is 0 Å². The van der Waals surface area contributed by atoms with Crippen molar-refractivity contribution in [3.05, 3.63) is 29.4 Å². The van der Waals surface area contributed by atoms with E-state index in [2.05, 4.69) is 10.3 Å². The van der Waals surface area contributed by atoms with Gasteiger partial charge in [-0.05, 0) is 18.2 Å². The van der Waals surface area contributed by atoms with Gasteiger partial charge in [0, 0.05) is 12.6 Å². The molecule has 0 radical (unpaired) electrons. The standard InChI is InChI=1S/C9H8ClN3O/c1-13-8(5-11-12-13)6-2-3-9(14)7(10)4-6/h2-5,14H,1H3. The number of aromatic nitrogens is 3. The van der Waals surface area contributed by atoms with Crippen LogP contribution in [0.1, 0.15) is 0 Å². The Balaban J connectivity index is 2.53. The van der Waals surface area contributed by atoms with Gasteiger partial charge in [0.05, 0.1) is 16.9 Å². The smallest absolute Gasteiger partial charge is 0.134 e. The molecule has 0 saturated heterocycles. The molecule has 1 aromatic carbocycles. The third-order valence-electron chi connectivity index (χ3n) is 1.96. The summed E-state index contributed by atoms with van der Waals surface area (Å²) >= 11 is 5.78. The van der Waals surface area contributed by atoms with E-state index in [-0.39, 0.29) is 5.75 Å². The van der Waals surface area contributed by atoms with E-state index < -0.39 is 0 Å². The minimum absolute atomic E-state index is 0.0746.